The van der Waals surface area contributed by atoms with Gasteiger partial charge in [-0.15, -0.1) is 0 Å². The number of carbonyl (C=O) groups is 1. The molecule has 1 aliphatic rings. The number of nitrogens with two attached hydrogens (primary N) is 1. The van der Waals surface area contributed by atoms with Crippen LogP contribution in [0.3, 0.4) is 0 Å². The second kappa shape index (κ2) is 7.19. The summed E-state index contributed by atoms with van der Waals surface area (Å²) < 4.78 is 97.4. The van der Waals surface area contributed by atoms with Gasteiger partial charge in [-0.3, -0.25) is 4.79 Å². The first-order valence-corrected chi connectivity index (χ1v) is 9.02. The smallest absolute Gasteiger partial charge is 0.416 e. The van der Waals surface area contributed by atoms with E-state index in [9.17, 15) is 26.4 Å². The van der Waals surface area contributed by atoms with E-state index >= 15 is 0 Å². The molecule has 6 nitrogen and oxygen atoms in total. The van der Waals surface area contributed by atoms with E-state index in [1.54, 1.807) is 0 Å². The van der Waals surface area contributed by atoms with Crippen molar-refractivity contribution in [2.45, 2.75) is 18.0 Å². The van der Waals surface area contributed by atoms with Crippen molar-refractivity contribution in [3.63, 3.8) is 0 Å². The SMILES string of the molecule is [2H]C([2H])(c1ccccc1)S(=O)(=O)OC1=C(N)O[C@@]([2H])(c2cccc(C(F)(F)F)c2)C1=O. The van der Waals surface area contributed by atoms with Crippen LogP contribution < -0.4 is 5.73 Å². The maximum absolute atomic E-state index is 13.0. The summed E-state index contributed by atoms with van der Waals surface area (Å²) in [6, 6.07) is 9.74. The van der Waals surface area contributed by atoms with Crippen LogP contribution in [0.2, 0.25) is 0 Å². The first-order valence-electron chi connectivity index (χ1n) is 9.11. The second-order valence-corrected chi connectivity index (χ2v) is 6.82. The number of hydrogen-bond acceptors (Lipinski definition) is 6. The molecule has 2 N–H and O–H groups in total. The van der Waals surface area contributed by atoms with Gasteiger partial charge in [-0.05, 0) is 17.7 Å². The van der Waals surface area contributed by atoms with E-state index < -0.39 is 56.6 Å². The van der Waals surface area contributed by atoms with E-state index in [-0.39, 0.29) is 5.56 Å². The van der Waals surface area contributed by atoms with E-state index in [2.05, 4.69) is 4.18 Å². The summed E-state index contributed by atoms with van der Waals surface area (Å²) in [7, 11) is -5.19. The molecule has 0 unspecified atom stereocenters. The lowest BCUT2D eigenvalue weighted by Gasteiger charge is -2.13. The summed E-state index contributed by atoms with van der Waals surface area (Å²) in [4.78, 5) is 12.7. The molecule has 1 aliphatic heterocycles. The van der Waals surface area contributed by atoms with Gasteiger partial charge in [0.25, 0.3) is 0 Å². The standard InChI is InChI=1S/C18H14F3NO5S/c19-18(20,21)13-8-4-7-12(9-13)15-14(23)16(17(22)26-15)27-28(24,25)10-11-5-2-1-3-6-11/h1-9,15H,10,22H2/t15-/m0/s1/i10D2,15D. The molecule has 0 aliphatic carbocycles. The van der Waals surface area contributed by atoms with Crippen molar-refractivity contribution >= 4 is 15.9 Å². The predicted molar refractivity (Wildman–Crippen MR) is 91.6 cm³/mol. The Morgan fingerprint density at radius 2 is 1.86 bits per heavy atom. The highest BCUT2D eigenvalue weighted by atomic mass is 32.2. The van der Waals surface area contributed by atoms with Crippen LogP contribution in [-0.2, 0) is 35.7 Å². The number of ketones is 1. The molecule has 2 aromatic rings. The summed E-state index contributed by atoms with van der Waals surface area (Å²) in [5.41, 5.74) is 0.304. The molecule has 10 heteroatoms. The minimum Gasteiger partial charge on any atom is -0.460 e. The molecule has 1 atom stereocenters. The Bertz CT molecular complexity index is 1170. The zero-order valence-electron chi connectivity index (χ0n) is 16.9. The summed E-state index contributed by atoms with van der Waals surface area (Å²) in [5.74, 6) is -3.69. The fourth-order valence-electron chi connectivity index (χ4n) is 2.30. The van der Waals surface area contributed by atoms with Gasteiger partial charge in [-0.1, -0.05) is 42.5 Å². The van der Waals surface area contributed by atoms with E-state index in [1.807, 2.05) is 0 Å². The van der Waals surface area contributed by atoms with Crippen LogP contribution in [0.1, 0.15) is 26.9 Å². The lowest BCUT2D eigenvalue weighted by atomic mass is 10.0. The van der Waals surface area contributed by atoms with Crippen LogP contribution >= 0.6 is 0 Å². The van der Waals surface area contributed by atoms with Crippen LogP contribution in [0.4, 0.5) is 13.2 Å². The van der Waals surface area contributed by atoms with Gasteiger partial charge in [0, 0.05) is 5.56 Å². The summed E-state index contributed by atoms with van der Waals surface area (Å²) in [5, 5.41) is 0. The van der Waals surface area contributed by atoms with E-state index in [0.717, 1.165) is 12.1 Å². The molecule has 0 radical (unpaired) electrons. The number of alkyl halides is 3. The minimum absolute atomic E-state index is 0.310. The molecule has 0 saturated carbocycles. The Hall–Kier alpha value is -3.01. The van der Waals surface area contributed by atoms with Gasteiger partial charge < -0.3 is 14.7 Å². The zero-order chi connectivity index (χ0) is 23.2. The maximum Gasteiger partial charge on any atom is 0.416 e. The molecule has 0 amide bonds. The molecule has 28 heavy (non-hydrogen) atoms. The Balaban J connectivity index is 1.95. The van der Waals surface area contributed by atoms with Crippen LogP contribution in [0.25, 0.3) is 0 Å². The third kappa shape index (κ3) is 4.28. The van der Waals surface area contributed by atoms with Crippen molar-refractivity contribution in [3.05, 3.63) is 82.9 Å². The molecule has 1 heterocycles. The summed E-state index contributed by atoms with van der Waals surface area (Å²) in [6.07, 6.45) is -7.63. The van der Waals surface area contributed by atoms with E-state index in [1.165, 1.54) is 30.3 Å². The first-order chi connectivity index (χ1) is 14.2. The third-order valence-corrected chi connectivity index (χ3v) is 4.38. The van der Waals surface area contributed by atoms with Crippen molar-refractivity contribution < 1.29 is 39.4 Å². The van der Waals surface area contributed by atoms with Gasteiger partial charge >= 0.3 is 16.3 Å². The van der Waals surface area contributed by atoms with Gasteiger partial charge in [-0.2, -0.15) is 21.6 Å². The summed E-state index contributed by atoms with van der Waals surface area (Å²) >= 11 is 0. The average molecular weight is 416 g/mol. The molecule has 0 saturated heterocycles. The summed E-state index contributed by atoms with van der Waals surface area (Å²) in [6.45, 7) is 0. The quantitative estimate of drug-likeness (QED) is 0.753. The molecule has 3 rings (SSSR count). The van der Waals surface area contributed by atoms with Crippen LogP contribution in [-0.4, -0.2) is 14.2 Å². The highest BCUT2D eigenvalue weighted by Gasteiger charge is 2.40. The van der Waals surface area contributed by atoms with Gasteiger partial charge in [0.1, 0.15) is 5.70 Å². The number of hydrogen-bond donors (Lipinski definition) is 1. The van der Waals surface area contributed by atoms with Gasteiger partial charge in [0.2, 0.25) is 17.4 Å². The van der Waals surface area contributed by atoms with Crippen molar-refractivity contribution in [2.75, 3.05) is 0 Å². The van der Waals surface area contributed by atoms with Crippen LogP contribution in [0, 0.1) is 0 Å². The largest absolute Gasteiger partial charge is 0.460 e. The number of benzene rings is 2. The van der Waals surface area contributed by atoms with Crippen molar-refractivity contribution in [1.82, 2.24) is 0 Å². The normalized spacial score (nSPS) is 22.2. The van der Waals surface area contributed by atoms with Gasteiger partial charge in [0.05, 0.1) is 9.68 Å². The van der Waals surface area contributed by atoms with E-state index in [0.29, 0.717) is 12.1 Å². The number of ether oxygens (including phenoxy) is 1. The van der Waals surface area contributed by atoms with Crippen LogP contribution in [0.15, 0.2) is 66.2 Å². The second-order valence-electron chi connectivity index (χ2n) is 5.54. The Kier molecular flexibility index (Phi) is 4.11. The maximum atomic E-state index is 13.0. The molecule has 0 spiro atoms. The number of carbonyl (C=O) groups excluding carboxylic acids is 1. The molecule has 0 bridgehead atoms. The topological polar surface area (TPSA) is 95.7 Å². The van der Waals surface area contributed by atoms with Crippen molar-refractivity contribution in [1.29, 1.82) is 0 Å². The lowest BCUT2D eigenvalue weighted by Crippen LogP contribution is -2.16. The fraction of sp³-hybridized carbons (Fsp3) is 0.167. The Morgan fingerprint density at radius 1 is 1.18 bits per heavy atom. The molecule has 148 valence electrons. The number of halogens is 3. The number of rotatable bonds is 5. The minimum atomic E-state index is -5.19. The third-order valence-electron chi connectivity index (χ3n) is 3.51. The van der Waals surface area contributed by atoms with E-state index in [4.69, 9.17) is 14.6 Å². The van der Waals surface area contributed by atoms with Gasteiger partial charge in [-0.25, -0.2) is 0 Å². The molecule has 2 aromatic carbocycles. The average Bonchev–Trinajstić information content (AvgIpc) is 2.92. The predicted octanol–water partition coefficient (Wildman–Crippen LogP) is 3.02. The monoisotopic (exact) mass is 416 g/mol. The molecular weight excluding hydrogens is 399 g/mol. The Labute approximate surface area is 162 Å². The molecular formula is C18H14F3NO5S. The highest BCUT2D eigenvalue weighted by Crippen LogP contribution is 2.36. The molecule has 0 aromatic heterocycles. The lowest BCUT2D eigenvalue weighted by molar-refractivity contribution is -0.137. The highest BCUT2D eigenvalue weighted by molar-refractivity contribution is 7.86. The Morgan fingerprint density at radius 3 is 2.50 bits per heavy atom. The number of Topliss-reactive ketones (excluding diaryl/α,β-unsaturated/α-hetero) is 1. The fourth-order valence-corrected chi connectivity index (χ4v) is 3.15. The van der Waals surface area contributed by atoms with Crippen molar-refractivity contribution in [2.24, 2.45) is 5.73 Å². The van der Waals surface area contributed by atoms with Crippen molar-refractivity contribution in [3.8, 4) is 0 Å². The van der Waals surface area contributed by atoms with Gasteiger partial charge in [0.15, 0.2) is 6.08 Å². The molecule has 0 fully saturated rings. The zero-order valence-corrected chi connectivity index (χ0v) is 14.7. The first kappa shape index (κ1) is 16.0. The van der Waals surface area contributed by atoms with Crippen LogP contribution in [0.5, 0.6) is 0 Å².